The minimum Gasteiger partial charge on any atom is -0.485 e. The van der Waals surface area contributed by atoms with Crippen molar-refractivity contribution in [2.75, 3.05) is 0 Å². The van der Waals surface area contributed by atoms with Crippen molar-refractivity contribution in [1.29, 1.82) is 0 Å². The van der Waals surface area contributed by atoms with Crippen molar-refractivity contribution in [2.24, 2.45) is 0 Å². The molecular formula is C15H15FO2. The summed E-state index contributed by atoms with van der Waals surface area (Å²) in [4.78, 5) is 0. The molecule has 0 saturated heterocycles. The van der Waals surface area contributed by atoms with E-state index in [1.54, 1.807) is 12.1 Å². The lowest BCUT2D eigenvalue weighted by Crippen LogP contribution is -2.01. The van der Waals surface area contributed by atoms with E-state index in [1.807, 2.05) is 31.2 Å². The van der Waals surface area contributed by atoms with Gasteiger partial charge in [-0.15, -0.1) is 0 Å². The predicted octanol–water partition coefficient (Wildman–Crippen LogP) is 3.21. The van der Waals surface area contributed by atoms with Crippen LogP contribution in [0.2, 0.25) is 0 Å². The summed E-state index contributed by atoms with van der Waals surface area (Å²) in [5, 5.41) is 9.14. The average molecular weight is 246 g/mol. The van der Waals surface area contributed by atoms with Crippen LogP contribution in [0.3, 0.4) is 0 Å². The first-order valence-electron chi connectivity index (χ1n) is 5.77. The van der Waals surface area contributed by atoms with Gasteiger partial charge in [-0.2, -0.15) is 0 Å². The molecule has 1 N–H and O–H groups in total. The molecule has 0 fully saturated rings. The van der Waals surface area contributed by atoms with E-state index in [0.717, 1.165) is 11.1 Å². The summed E-state index contributed by atoms with van der Waals surface area (Å²) < 4.78 is 19.0. The quantitative estimate of drug-likeness (QED) is 0.897. The van der Waals surface area contributed by atoms with E-state index < -0.39 is 5.82 Å². The molecule has 0 aliphatic heterocycles. The largest absolute Gasteiger partial charge is 0.485 e. The third-order valence-corrected chi connectivity index (χ3v) is 2.68. The number of halogens is 1. The Labute approximate surface area is 106 Å². The molecule has 2 rings (SSSR count). The Morgan fingerprint density at radius 3 is 2.67 bits per heavy atom. The number of ether oxygens (including phenoxy) is 1. The van der Waals surface area contributed by atoms with E-state index >= 15 is 0 Å². The molecule has 0 aromatic heterocycles. The number of benzene rings is 2. The van der Waals surface area contributed by atoms with Gasteiger partial charge >= 0.3 is 0 Å². The third-order valence-electron chi connectivity index (χ3n) is 2.68. The van der Waals surface area contributed by atoms with Gasteiger partial charge in [-0.1, -0.05) is 42.0 Å². The minimum absolute atomic E-state index is 0.126. The van der Waals surface area contributed by atoms with Gasteiger partial charge in [0, 0.05) is 5.56 Å². The first-order valence-corrected chi connectivity index (χ1v) is 5.77. The molecule has 94 valence electrons. The smallest absolute Gasteiger partial charge is 0.165 e. The summed E-state index contributed by atoms with van der Waals surface area (Å²) in [5.74, 6) is -0.323. The molecule has 2 nitrogen and oxygen atoms in total. The fourth-order valence-corrected chi connectivity index (χ4v) is 1.80. The molecule has 18 heavy (non-hydrogen) atoms. The number of aliphatic hydroxyl groups excluding tert-OH is 1. The Balaban J connectivity index is 2.15. The Morgan fingerprint density at radius 1 is 1.17 bits per heavy atom. The van der Waals surface area contributed by atoms with Crippen LogP contribution in [0.4, 0.5) is 4.39 Å². The van der Waals surface area contributed by atoms with Crippen LogP contribution in [0, 0.1) is 12.7 Å². The highest BCUT2D eigenvalue weighted by atomic mass is 19.1. The highest BCUT2D eigenvalue weighted by Gasteiger charge is 2.09. The molecule has 0 heterocycles. The molecule has 0 radical (unpaired) electrons. The minimum atomic E-state index is -0.450. The highest BCUT2D eigenvalue weighted by Crippen LogP contribution is 2.23. The van der Waals surface area contributed by atoms with Crippen molar-refractivity contribution < 1.29 is 14.2 Å². The molecule has 0 atom stereocenters. The molecule has 0 spiro atoms. The van der Waals surface area contributed by atoms with E-state index in [0.29, 0.717) is 5.56 Å². The number of rotatable bonds is 4. The second-order valence-corrected chi connectivity index (χ2v) is 4.16. The van der Waals surface area contributed by atoms with Gasteiger partial charge in [0.1, 0.15) is 6.61 Å². The summed E-state index contributed by atoms with van der Waals surface area (Å²) >= 11 is 0. The maximum atomic E-state index is 13.6. The summed E-state index contributed by atoms with van der Waals surface area (Å²) in [6.45, 7) is 2.04. The standard InChI is InChI=1S/C15H15FO2/c1-11-4-2-5-12(8-11)10-18-15-13(9-17)6-3-7-14(15)16/h2-8,17H,9-10H2,1H3. The van der Waals surface area contributed by atoms with Crippen LogP contribution in [-0.4, -0.2) is 5.11 Å². The Morgan fingerprint density at radius 2 is 1.94 bits per heavy atom. The molecule has 0 amide bonds. The monoisotopic (exact) mass is 246 g/mol. The van der Waals surface area contributed by atoms with Crippen LogP contribution in [0.25, 0.3) is 0 Å². The van der Waals surface area contributed by atoms with Crippen LogP contribution in [-0.2, 0) is 13.2 Å². The first-order chi connectivity index (χ1) is 8.70. The normalized spacial score (nSPS) is 10.4. The highest BCUT2D eigenvalue weighted by molar-refractivity contribution is 5.34. The average Bonchev–Trinajstić information content (AvgIpc) is 2.37. The van der Waals surface area contributed by atoms with E-state index in [-0.39, 0.29) is 19.0 Å². The van der Waals surface area contributed by atoms with Crippen LogP contribution in [0.1, 0.15) is 16.7 Å². The number of para-hydroxylation sites is 1. The van der Waals surface area contributed by atoms with Crippen molar-refractivity contribution in [3.05, 3.63) is 65.0 Å². The molecule has 2 aromatic rings. The second kappa shape index (κ2) is 5.65. The van der Waals surface area contributed by atoms with E-state index in [9.17, 15) is 4.39 Å². The maximum absolute atomic E-state index is 13.6. The number of aryl methyl sites for hydroxylation is 1. The van der Waals surface area contributed by atoms with Crippen molar-refractivity contribution in [3.8, 4) is 5.75 Å². The van der Waals surface area contributed by atoms with Gasteiger partial charge in [-0.05, 0) is 18.6 Å². The number of hydrogen-bond donors (Lipinski definition) is 1. The topological polar surface area (TPSA) is 29.5 Å². The molecule has 0 unspecified atom stereocenters. The molecule has 0 bridgehead atoms. The lowest BCUT2D eigenvalue weighted by atomic mass is 10.1. The molecule has 3 heteroatoms. The van der Waals surface area contributed by atoms with E-state index in [2.05, 4.69) is 0 Å². The van der Waals surface area contributed by atoms with Crippen molar-refractivity contribution >= 4 is 0 Å². The zero-order valence-corrected chi connectivity index (χ0v) is 10.2. The van der Waals surface area contributed by atoms with Crippen LogP contribution in [0.5, 0.6) is 5.75 Å². The number of aliphatic hydroxyl groups is 1. The van der Waals surface area contributed by atoms with Gasteiger partial charge in [0.05, 0.1) is 6.61 Å². The second-order valence-electron chi connectivity index (χ2n) is 4.16. The molecule has 0 aliphatic carbocycles. The summed E-state index contributed by atoms with van der Waals surface area (Å²) in [6.07, 6.45) is 0. The molecule has 0 aliphatic rings. The van der Waals surface area contributed by atoms with Crippen molar-refractivity contribution in [2.45, 2.75) is 20.1 Å². The Kier molecular flexibility index (Phi) is 3.95. The predicted molar refractivity (Wildman–Crippen MR) is 67.8 cm³/mol. The Bertz CT molecular complexity index is 538. The van der Waals surface area contributed by atoms with Gasteiger partial charge < -0.3 is 9.84 Å². The SMILES string of the molecule is Cc1cccc(COc2c(F)cccc2CO)c1. The molecule has 2 aromatic carbocycles. The van der Waals surface area contributed by atoms with Crippen LogP contribution >= 0.6 is 0 Å². The molecule has 0 saturated carbocycles. The van der Waals surface area contributed by atoms with E-state index in [1.165, 1.54) is 6.07 Å². The fourth-order valence-electron chi connectivity index (χ4n) is 1.80. The fraction of sp³-hybridized carbons (Fsp3) is 0.200. The van der Waals surface area contributed by atoms with Gasteiger partial charge in [-0.25, -0.2) is 4.39 Å². The van der Waals surface area contributed by atoms with Crippen LogP contribution < -0.4 is 4.74 Å². The third kappa shape index (κ3) is 2.87. The van der Waals surface area contributed by atoms with E-state index in [4.69, 9.17) is 9.84 Å². The summed E-state index contributed by atoms with van der Waals surface area (Å²) in [5.41, 5.74) is 2.57. The van der Waals surface area contributed by atoms with Crippen molar-refractivity contribution in [1.82, 2.24) is 0 Å². The first kappa shape index (κ1) is 12.6. The summed E-state index contributed by atoms with van der Waals surface area (Å²) in [7, 11) is 0. The summed E-state index contributed by atoms with van der Waals surface area (Å²) in [6, 6.07) is 12.4. The Hall–Kier alpha value is -1.87. The lowest BCUT2D eigenvalue weighted by molar-refractivity contribution is 0.251. The lowest BCUT2D eigenvalue weighted by Gasteiger charge is -2.11. The zero-order valence-electron chi connectivity index (χ0n) is 10.2. The van der Waals surface area contributed by atoms with Gasteiger partial charge in [0.25, 0.3) is 0 Å². The van der Waals surface area contributed by atoms with Gasteiger partial charge in [0.15, 0.2) is 11.6 Å². The zero-order chi connectivity index (χ0) is 13.0. The molecular weight excluding hydrogens is 231 g/mol. The van der Waals surface area contributed by atoms with Crippen molar-refractivity contribution in [3.63, 3.8) is 0 Å². The van der Waals surface area contributed by atoms with Gasteiger partial charge in [-0.3, -0.25) is 0 Å². The number of hydrogen-bond acceptors (Lipinski definition) is 2. The maximum Gasteiger partial charge on any atom is 0.165 e. The van der Waals surface area contributed by atoms with Gasteiger partial charge in [0.2, 0.25) is 0 Å². The van der Waals surface area contributed by atoms with Crippen LogP contribution in [0.15, 0.2) is 42.5 Å².